The maximum atomic E-state index is 12.1. The molecule has 1 aromatic rings. The van der Waals surface area contributed by atoms with E-state index < -0.39 is 5.60 Å². The molecule has 1 aromatic carbocycles. The zero-order chi connectivity index (χ0) is 21.3. The SMILES string of the molecule is CN=C(NCCC1CCCO1)NCc1ccc(CN(C)C(=O)OC(C)(C)C)cc1. The normalized spacial score (nSPS) is 17.1. The highest BCUT2D eigenvalue weighted by atomic mass is 16.6. The lowest BCUT2D eigenvalue weighted by Gasteiger charge is -2.24. The zero-order valence-electron chi connectivity index (χ0n) is 18.5. The largest absolute Gasteiger partial charge is 0.444 e. The molecule has 162 valence electrons. The molecule has 1 atom stereocenters. The van der Waals surface area contributed by atoms with Gasteiger partial charge in [-0.1, -0.05) is 24.3 Å². The first-order valence-corrected chi connectivity index (χ1v) is 10.3. The van der Waals surface area contributed by atoms with Crippen molar-refractivity contribution in [1.29, 1.82) is 0 Å². The summed E-state index contributed by atoms with van der Waals surface area (Å²) in [6.45, 7) is 8.53. The van der Waals surface area contributed by atoms with Crippen molar-refractivity contribution < 1.29 is 14.3 Å². The van der Waals surface area contributed by atoms with Gasteiger partial charge in [0, 0.05) is 40.3 Å². The topological polar surface area (TPSA) is 75.2 Å². The molecule has 1 fully saturated rings. The summed E-state index contributed by atoms with van der Waals surface area (Å²) in [4.78, 5) is 17.9. The summed E-state index contributed by atoms with van der Waals surface area (Å²) in [6, 6.07) is 8.19. The van der Waals surface area contributed by atoms with E-state index in [4.69, 9.17) is 9.47 Å². The summed E-state index contributed by atoms with van der Waals surface area (Å²) in [6.07, 6.45) is 3.39. The molecule has 0 radical (unpaired) electrons. The summed E-state index contributed by atoms with van der Waals surface area (Å²) < 4.78 is 11.0. The first-order valence-electron chi connectivity index (χ1n) is 10.3. The van der Waals surface area contributed by atoms with E-state index in [1.54, 1.807) is 19.0 Å². The number of carbonyl (C=O) groups excluding carboxylic acids is 1. The second-order valence-corrected chi connectivity index (χ2v) is 8.43. The highest BCUT2D eigenvalue weighted by Crippen LogP contribution is 2.14. The minimum atomic E-state index is -0.489. The predicted molar refractivity (Wildman–Crippen MR) is 116 cm³/mol. The maximum Gasteiger partial charge on any atom is 0.410 e. The van der Waals surface area contributed by atoms with Crippen molar-refractivity contribution in [2.75, 3.05) is 27.2 Å². The van der Waals surface area contributed by atoms with Crippen LogP contribution in [0.5, 0.6) is 0 Å². The first-order chi connectivity index (χ1) is 13.8. The molecule has 2 rings (SSSR count). The number of aliphatic imine (C=N–C) groups is 1. The molecule has 1 amide bonds. The molecule has 2 N–H and O–H groups in total. The molecule has 0 bridgehead atoms. The van der Waals surface area contributed by atoms with Gasteiger partial charge in [0.25, 0.3) is 0 Å². The van der Waals surface area contributed by atoms with Gasteiger partial charge >= 0.3 is 6.09 Å². The third-order valence-corrected chi connectivity index (χ3v) is 4.61. The van der Waals surface area contributed by atoms with Crippen LogP contribution in [-0.2, 0) is 22.6 Å². The van der Waals surface area contributed by atoms with E-state index in [0.717, 1.165) is 43.1 Å². The van der Waals surface area contributed by atoms with Crippen LogP contribution in [0.2, 0.25) is 0 Å². The second kappa shape index (κ2) is 11.0. The van der Waals surface area contributed by atoms with E-state index in [9.17, 15) is 4.79 Å². The van der Waals surface area contributed by atoms with E-state index in [1.807, 2.05) is 32.9 Å². The molecule has 1 unspecified atom stereocenters. The highest BCUT2D eigenvalue weighted by Gasteiger charge is 2.19. The van der Waals surface area contributed by atoms with Gasteiger partial charge in [-0.15, -0.1) is 0 Å². The number of hydrogen-bond donors (Lipinski definition) is 2. The van der Waals surface area contributed by atoms with Gasteiger partial charge in [-0.25, -0.2) is 4.79 Å². The molecule has 1 aliphatic heterocycles. The molecule has 1 heterocycles. The van der Waals surface area contributed by atoms with Crippen LogP contribution >= 0.6 is 0 Å². The molecule has 7 heteroatoms. The standard InChI is InChI=1S/C22H36N4O3/c1-22(2,3)29-21(27)26(5)16-18-10-8-17(9-11-18)15-25-20(23-4)24-13-12-19-7-6-14-28-19/h8-11,19H,6-7,12-16H2,1-5H3,(H2,23,24,25). The number of carbonyl (C=O) groups is 1. The molecule has 29 heavy (non-hydrogen) atoms. The number of amides is 1. The Morgan fingerprint density at radius 3 is 2.52 bits per heavy atom. The Morgan fingerprint density at radius 2 is 1.93 bits per heavy atom. The first kappa shape index (κ1) is 23.0. The van der Waals surface area contributed by atoms with Crippen molar-refractivity contribution in [3.8, 4) is 0 Å². The van der Waals surface area contributed by atoms with Crippen molar-refractivity contribution in [3.05, 3.63) is 35.4 Å². The lowest BCUT2D eigenvalue weighted by atomic mass is 10.1. The van der Waals surface area contributed by atoms with Crippen LogP contribution in [0.1, 0.15) is 51.2 Å². The summed E-state index contributed by atoms with van der Waals surface area (Å²) in [5, 5.41) is 6.66. The Bertz CT molecular complexity index is 662. The summed E-state index contributed by atoms with van der Waals surface area (Å²) in [7, 11) is 3.52. The van der Waals surface area contributed by atoms with Crippen molar-refractivity contribution >= 4 is 12.1 Å². The van der Waals surface area contributed by atoms with Crippen LogP contribution in [0.3, 0.4) is 0 Å². The lowest BCUT2D eigenvalue weighted by molar-refractivity contribution is 0.0285. The third-order valence-electron chi connectivity index (χ3n) is 4.61. The Balaban J connectivity index is 1.73. The Morgan fingerprint density at radius 1 is 1.24 bits per heavy atom. The summed E-state index contributed by atoms with van der Waals surface area (Å²) in [5.74, 6) is 0.789. The smallest absolute Gasteiger partial charge is 0.410 e. The molecule has 0 spiro atoms. The van der Waals surface area contributed by atoms with Gasteiger partial charge in [0.05, 0.1) is 6.10 Å². The van der Waals surface area contributed by atoms with E-state index in [0.29, 0.717) is 19.2 Å². The maximum absolute atomic E-state index is 12.1. The van der Waals surface area contributed by atoms with Crippen LogP contribution in [-0.4, -0.2) is 55.9 Å². The van der Waals surface area contributed by atoms with Crippen LogP contribution < -0.4 is 10.6 Å². The predicted octanol–water partition coefficient (Wildman–Crippen LogP) is 3.29. The van der Waals surface area contributed by atoms with Crippen molar-refractivity contribution in [2.24, 2.45) is 4.99 Å². The van der Waals surface area contributed by atoms with Gasteiger partial charge in [-0.2, -0.15) is 0 Å². The van der Waals surface area contributed by atoms with Gasteiger partial charge in [0.2, 0.25) is 0 Å². The molecular weight excluding hydrogens is 368 g/mol. The van der Waals surface area contributed by atoms with E-state index in [-0.39, 0.29) is 6.09 Å². The molecule has 0 saturated carbocycles. The summed E-state index contributed by atoms with van der Waals surface area (Å²) >= 11 is 0. The van der Waals surface area contributed by atoms with E-state index >= 15 is 0 Å². The molecule has 0 aliphatic carbocycles. The average molecular weight is 405 g/mol. The molecule has 0 aromatic heterocycles. The number of nitrogens with zero attached hydrogens (tertiary/aromatic N) is 2. The van der Waals surface area contributed by atoms with Gasteiger partial charge in [0.15, 0.2) is 5.96 Å². The summed E-state index contributed by atoms with van der Waals surface area (Å²) in [5.41, 5.74) is 1.72. The fourth-order valence-corrected chi connectivity index (χ4v) is 3.07. The van der Waals surface area contributed by atoms with Gasteiger partial charge < -0.3 is 25.0 Å². The van der Waals surface area contributed by atoms with Crippen LogP contribution in [0.25, 0.3) is 0 Å². The lowest BCUT2D eigenvalue weighted by Crippen LogP contribution is -2.38. The molecule has 7 nitrogen and oxygen atoms in total. The fourth-order valence-electron chi connectivity index (χ4n) is 3.07. The number of nitrogens with one attached hydrogen (secondary N) is 2. The Hall–Kier alpha value is -2.28. The minimum Gasteiger partial charge on any atom is -0.444 e. The van der Waals surface area contributed by atoms with Crippen molar-refractivity contribution in [2.45, 2.75) is 64.8 Å². The third kappa shape index (κ3) is 8.73. The number of guanidine groups is 1. The van der Waals surface area contributed by atoms with E-state index in [2.05, 4.69) is 27.8 Å². The Labute approximate surface area is 174 Å². The molecular formula is C22H36N4O3. The average Bonchev–Trinajstić information content (AvgIpc) is 3.17. The van der Waals surface area contributed by atoms with Gasteiger partial charge in [-0.05, 0) is 51.2 Å². The number of rotatable bonds is 7. The quantitative estimate of drug-likeness (QED) is 0.539. The van der Waals surface area contributed by atoms with Crippen LogP contribution in [0.4, 0.5) is 4.79 Å². The Kier molecular flexibility index (Phi) is 8.76. The molecule has 1 aliphatic rings. The van der Waals surface area contributed by atoms with Crippen LogP contribution in [0.15, 0.2) is 29.3 Å². The van der Waals surface area contributed by atoms with Crippen LogP contribution in [0, 0.1) is 0 Å². The number of hydrogen-bond acceptors (Lipinski definition) is 4. The minimum absolute atomic E-state index is 0.318. The van der Waals surface area contributed by atoms with E-state index in [1.165, 1.54) is 6.42 Å². The van der Waals surface area contributed by atoms with Crippen molar-refractivity contribution in [1.82, 2.24) is 15.5 Å². The number of benzene rings is 1. The second-order valence-electron chi connectivity index (χ2n) is 8.43. The highest BCUT2D eigenvalue weighted by molar-refractivity contribution is 5.79. The number of ether oxygens (including phenoxy) is 2. The molecule has 1 saturated heterocycles. The zero-order valence-corrected chi connectivity index (χ0v) is 18.5. The van der Waals surface area contributed by atoms with Gasteiger partial charge in [-0.3, -0.25) is 4.99 Å². The monoisotopic (exact) mass is 404 g/mol. The van der Waals surface area contributed by atoms with Crippen molar-refractivity contribution in [3.63, 3.8) is 0 Å². The fraction of sp³-hybridized carbons (Fsp3) is 0.636. The van der Waals surface area contributed by atoms with Gasteiger partial charge in [0.1, 0.15) is 5.60 Å².